The molecular formula is C17H14F2N4O. The van der Waals surface area contributed by atoms with Crippen LogP contribution in [0.5, 0.6) is 0 Å². The molecule has 24 heavy (non-hydrogen) atoms. The summed E-state index contributed by atoms with van der Waals surface area (Å²) in [6, 6.07) is 10.4. The van der Waals surface area contributed by atoms with Crippen molar-refractivity contribution >= 4 is 5.91 Å². The summed E-state index contributed by atoms with van der Waals surface area (Å²) in [5, 5.41) is 3.99. The van der Waals surface area contributed by atoms with E-state index in [-0.39, 0.29) is 17.3 Å². The predicted molar refractivity (Wildman–Crippen MR) is 83.5 cm³/mol. The second-order valence-corrected chi connectivity index (χ2v) is 5.20. The van der Waals surface area contributed by atoms with E-state index in [4.69, 9.17) is 0 Å². The molecule has 0 saturated carbocycles. The van der Waals surface area contributed by atoms with Crippen LogP contribution in [-0.2, 0) is 6.54 Å². The number of nitrogens with zero attached hydrogens (tertiary/aromatic N) is 4. The average Bonchev–Trinajstić information content (AvgIpc) is 3.04. The fourth-order valence-electron chi connectivity index (χ4n) is 2.27. The van der Waals surface area contributed by atoms with Gasteiger partial charge in [0.25, 0.3) is 5.91 Å². The molecule has 0 spiro atoms. The van der Waals surface area contributed by atoms with Crippen molar-refractivity contribution < 1.29 is 13.6 Å². The molecule has 3 rings (SSSR count). The van der Waals surface area contributed by atoms with Gasteiger partial charge in [-0.1, -0.05) is 12.1 Å². The highest BCUT2D eigenvalue weighted by Gasteiger charge is 2.18. The van der Waals surface area contributed by atoms with Gasteiger partial charge in [0.2, 0.25) is 0 Å². The summed E-state index contributed by atoms with van der Waals surface area (Å²) in [4.78, 5) is 18.0. The number of halogens is 2. The van der Waals surface area contributed by atoms with Crippen LogP contribution in [0.15, 0.2) is 54.9 Å². The molecule has 0 fully saturated rings. The molecule has 0 aliphatic rings. The lowest BCUT2D eigenvalue weighted by Crippen LogP contribution is -2.27. The van der Waals surface area contributed by atoms with Gasteiger partial charge in [-0.25, -0.2) is 13.5 Å². The van der Waals surface area contributed by atoms with E-state index in [0.29, 0.717) is 6.54 Å². The van der Waals surface area contributed by atoms with E-state index < -0.39 is 11.6 Å². The van der Waals surface area contributed by atoms with Crippen LogP contribution in [0.3, 0.4) is 0 Å². The lowest BCUT2D eigenvalue weighted by molar-refractivity contribution is 0.0777. The van der Waals surface area contributed by atoms with Crippen LogP contribution in [0.25, 0.3) is 5.69 Å². The van der Waals surface area contributed by atoms with Crippen molar-refractivity contribution in [2.45, 2.75) is 6.54 Å². The highest BCUT2D eigenvalue weighted by Crippen LogP contribution is 2.17. The van der Waals surface area contributed by atoms with Crippen molar-refractivity contribution in [3.05, 3.63) is 77.9 Å². The van der Waals surface area contributed by atoms with Crippen LogP contribution in [0.2, 0.25) is 0 Å². The molecule has 5 nitrogen and oxygen atoms in total. The zero-order valence-corrected chi connectivity index (χ0v) is 12.9. The molecule has 2 heterocycles. The summed E-state index contributed by atoms with van der Waals surface area (Å²) < 4.78 is 28.6. The van der Waals surface area contributed by atoms with E-state index in [1.54, 1.807) is 25.4 Å². The normalized spacial score (nSPS) is 10.6. The van der Waals surface area contributed by atoms with E-state index >= 15 is 0 Å². The van der Waals surface area contributed by atoms with Gasteiger partial charge in [-0.05, 0) is 30.3 Å². The first-order valence-corrected chi connectivity index (χ1v) is 7.21. The number of hydrogen-bond acceptors (Lipinski definition) is 3. The van der Waals surface area contributed by atoms with Gasteiger partial charge in [0, 0.05) is 19.4 Å². The number of carbonyl (C=O) groups is 1. The summed E-state index contributed by atoms with van der Waals surface area (Å²) >= 11 is 0. The maximum absolute atomic E-state index is 13.8. The Hall–Kier alpha value is -3.09. The van der Waals surface area contributed by atoms with Crippen LogP contribution >= 0.6 is 0 Å². The number of para-hydroxylation sites is 1. The molecule has 3 aromatic rings. The Morgan fingerprint density at radius 3 is 2.54 bits per heavy atom. The van der Waals surface area contributed by atoms with Crippen LogP contribution in [0, 0.1) is 11.6 Å². The van der Waals surface area contributed by atoms with Gasteiger partial charge in [0.15, 0.2) is 17.3 Å². The maximum atomic E-state index is 13.8. The first kappa shape index (κ1) is 15.8. The van der Waals surface area contributed by atoms with Gasteiger partial charge in [0.1, 0.15) is 5.69 Å². The van der Waals surface area contributed by atoms with Crippen LogP contribution < -0.4 is 0 Å². The van der Waals surface area contributed by atoms with Crippen molar-refractivity contribution in [2.75, 3.05) is 7.05 Å². The summed E-state index contributed by atoms with van der Waals surface area (Å²) in [6.07, 6.45) is 2.99. The summed E-state index contributed by atoms with van der Waals surface area (Å²) in [5.74, 6) is -1.87. The largest absolute Gasteiger partial charge is 0.334 e. The predicted octanol–water partition coefficient (Wildman–Crippen LogP) is 2.82. The Bertz CT molecular complexity index is 844. The standard InChI is InChI=1S/C17H14F2N4O/c1-22(11-12-5-2-3-9-20-12)17(24)15-8-10-23(21-15)16-13(18)6-4-7-14(16)19/h2-10H,11H2,1H3. The Kier molecular flexibility index (Phi) is 4.33. The van der Waals surface area contributed by atoms with E-state index in [2.05, 4.69) is 10.1 Å². The molecule has 0 bridgehead atoms. The molecule has 122 valence electrons. The van der Waals surface area contributed by atoms with Crippen LogP contribution in [0.1, 0.15) is 16.2 Å². The van der Waals surface area contributed by atoms with Gasteiger partial charge in [-0.2, -0.15) is 5.10 Å². The molecule has 7 heteroatoms. The Balaban J connectivity index is 1.81. The highest BCUT2D eigenvalue weighted by molar-refractivity contribution is 5.92. The summed E-state index contributed by atoms with van der Waals surface area (Å²) in [5.41, 5.74) is 0.507. The minimum Gasteiger partial charge on any atom is -0.334 e. The van der Waals surface area contributed by atoms with Gasteiger partial charge < -0.3 is 4.90 Å². The van der Waals surface area contributed by atoms with Crippen LogP contribution in [-0.4, -0.2) is 32.6 Å². The molecule has 0 radical (unpaired) electrons. The lowest BCUT2D eigenvalue weighted by atomic mass is 10.3. The smallest absolute Gasteiger partial charge is 0.274 e. The second kappa shape index (κ2) is 6.57. The minimum absolute atomic E-state index is 0.0936. The Morgan fingerprint density at radius 1 is 1.12 bits per heavy atom. The fraction of sp³-hybridized carbons (Fsp3) is 0.118. The number of hydrogen-bond donors (Lipinski definition) is 0. The third-order valence-electron chi connectivity index (χ3n) is 3.45. The highest BCUT2D eigenvalue weighted by atomic mass is 19.1. The Labute approximate surface area is 137 Å². The van der Waals surface area contributed by atoms with Crippen molar-refractivity contribution in [2.24, 2.45) is 0 Å². The lowest BCUT2D eigenvalue weighted by Gasteiger charge is -2.15. The van der Waals surface area contributed by atoms with E-state index in [1.807, 2.05) is 6.07 Å². The number of benzene rings is 1. The molecule has 0 unspecified atom stereocenters. The third-order valence-corrected chi connectivity index (χ3v) is 3.45. The molecule has 0 N–H and O–H groups in total. The minimum atomic E-state index is -0.751. The topological polar surface area (TPSA) is 51.0 Å². The van der Waals surface area contributed by atoms with Crippen molar-refractivity contribution in [3.63, 3.8) is 0 Å². The van der Waals surface area contributed by atoms with Gasteiger partial charge in [0.05, 0.1) is 12.2 Å². The van der Waals surface area contributed by atoms with E-state index in [9.17, 15) is 13.6 Å². The molecule has 1 aromatic carbocycles. The maximum Gasteiger partial charge on any atom is 0.274 e. The van der Waals surface area contributed by atoms with Crippen molar-refractivity contribution in [1.82, 2.24) is 19.7 Å². The molecule has 2 aromatic heterocycles. The molecule has 0 aliphatic heterocycles. The van der Waals surface area contributed by atoms with Gasteiger partial charge in [-0.3, -0.25) is 9.78 Å². The Morgan fingerprint density at radius 2 is 1.88 bits per heavy atom. The van der Waals surface area contributed by atoms with E-state index in [0.717, 1.165) is 22.5 Å². The quantitative estimate of drug-likeness (QED) is 0.740. The first-order chi connectivity index (χ1) is 11.6. The summed E-state index contributed by atoms with van der Waals surface area (Å²) in [7, 11) is 1.61. The molecule has 0 aliphatic carbocycles. The molecule has 0 atom stereocenters. The summed E-state index contributed by atoms with van der Waals surface area (Å²) in [6.45, 7) is 0.306. The monoisotopic (exact) mass is 328 g/mol. The zero-order valence-electron chi connectivity index (χ0n) is 12.9. The number of rotatable bonds is 4. The first-order valence-electron chi connectivity index (χ1n) is 7.21. The number of aromatic nitrogens is 3. The molecule has 0 saturated heterocycles. The average molecular weight is 328 g/mol. The molecular weight excluding hydrogens is 314 g/mol. The van der Waals surface area contributed by atoms with E-state index in [1.165, 1.54) is 23.2 Å². The van der Waals surface area contributed by atoms with Gasteiger partial charge in [-0.15, -0.1) is 0 Å². The number of pyridine rings is 1. The zero-order chi connectivity index (χ0) is 17.1. The second-order valence-electron chi connectivity index (χ2n) is 5.20. The number of carbonyl (C=O) groups excluding carboxylic acids is 1. The van der Waals surface area contributed by atoms with Crippen molar-refractivity contribution in [1.29, 1.82) is 0 Å². The van der Waals surface area contributed by atoms with Crippen molar-refractivity contribution in [3.8, 4) is 5.69 Å². The fourth-order valence-corrected chi connectivity index (χ4v) is 2.27. The number of amides is 1. The van der Waals surface area contributed by atoms with Crippen LogP contribution in [0.4, 0.5) is 8.78 Å². The van der Waals surface area contributed by atoms with Gasteiger partial charge >= 0.3 is 0 Å². The molecule has 1 amide bonds. The third kappa shape index (κ3) is 3.15. The SMILES string of the molecule is CN(Cc1ccccn1)C(=O)c1ccn(-c2c(F)cccc2F)n1.